The molecule has 0 saturated heterocycles. The van der Waals surface area contributed by atoms with Crippen molar-refractivity contribution in [1.29, 1.82) is 0 Å². The first kappa shape index (κ1) is 18.4. The van der Waals surface area contributed by atoms with E-state index in [0.717, 1.165) is 18.2 Å². The van der Waals surface area contributed by atoms with Crippen molar-refractivity contribution in [2.45, 2.75) is 17.2 Å². The van der Waals surface area contributed by atoms with Crippen molar-refractivity contribution in [2.75, 3.05) is 13.2 Å². The van der Waals surface area contributed by atoms with Crippen molar-refractivity contribution in [1.82, 2.24) is 0 Å². The van der Waals surface area contributed by atoms with Gasteiger partial charge in [-0.1, -0.05) is 6.07 Å². The van der Waals surface area contributed by atoms with Gasteiger partial charge in [0.15, 0.2) is 24.7 Å². The molecule has 1 aromatic carbocycles. The summed E-state index contributed by atoms with van der Waals surface area (Å²) >= 11 is 0. The highest BCUT2D eigenvalue weighted by Crippen LogP contribution is 2.35. The van der Waals surface area contributed by atoms with Crippen LogP contribution in [0.4, 0.5) is 26.3 Å². The van der Waals surface area contributed by atoms with Gasteiger partial charge in [0.1, 0.15) is 4.90 Å². The van der Waals surface area contributed by atoms with Crippen LogP contribution >= 0.6 is 0 Å². The monoisotopic (exact) mass is 353 g/mol. The lowest BCUT2D eigenvalue weighted by atomic mass is 10.3. The van der Waals surface area contributed by atoms with E-state index in [-0.39, 0.29) is 0 Å². The Kier molecular flexibility index (Phi) is 5.18. The SMILES string of the molecule is NS(=O)(=O)c1cccc(OCC(F)(F)F)c1OCC(F)(F)F. The molecule has 0 bridgehead atoms. The van der Waals surface area contributed by atoms with Gasteiger partial charge in [0.05, 0.1) is 0 Å². The third kappa shape index (κ3) is 5.97. The highest BCUT2D eigenvalue weighted by Gasteiger charge is 2.32. The van der Waals surface area contributed by atoms with Crippen LogP contribution in [0.2, 0.25) is 0 Å². The molecule has 0 saturated carbocycles. The number of rotatable bonds is 5. The average Bonchev–Trinajstić information content (AvgIpc) is 2.30. The van der Waals surface area contributed by atoms with E-state index in [1.807, 2.05) is 0 Å². The highest BCUT2D eigenvalue weighted by atomic mass is 32.2. The number of para-hydroxylation sites is 1. The molecule has 0 heterocycles. The molecule has 22 heavy (non-hydrogen) atoms. The van der Waals surface area contributed by atoms with Crippen LogP contribution < -0.4 is 14.6 Å². The van der Waals surface area contributed by atoms with Crippen LogP contribution in [0, 0.1) is 0 Å². The first-order valence-electron chi connectivity index (χ1n) is 5.34. The van der Waals surface area contributed by atoms with E-state index in [4.69, 9.17) is 5.14 Å². The smallest absolute Gasteiger partial charge is 0.422 e. The predicted molar refractivity (Wildman–Crippen MR) is 60.9 cm³/mol. The van der Waals surface area contributed by atoms with E-state index in [2.05, 4.69) is 9.47 Å². The van der Waals surface area contributed by atoms with E-state index in [1.54, 1.807) is 0 Å². The van der Waals surface area contributed by atoms with E-state index >= 15 is 0 Å². The van der Waals surface area contributed by atoms with Gasteiger partial charge in [0.2, 0.25) is 10.0 Å². The number of hydrogen-bond acceptors (Lipinski definition) is 4. The molecule has 0 atom stereocenters. The van der Waals surface area contributed by atoms with Gasteiger partial charge >= 0.3 is 12.4 Å². The summed E-state index contributed by atoms with van der Waals surface area (Å²) in [5.41, 5.74) is 0. The van der Waals surface area contributed by atoms with Crippen molar-refractivity contribution in [3.05, 3.63) is 18.2 Å². The lowest BCUT2D eigenvalue weighted by Gasteiger charge is -2.17. The van der Waals surface area contributed by atoms with Gasteiger partial charge in [-0.2, -0.15) is 26.3 Å². The summed E-state index contributed by atoms with van der Waals surface area (Å²) in [6.07, 6.45) is -9.62. The summed E-state index contributed by atoms with van der Waals surface area (Å²) in [6.45, 7) is -3.77. The third-order valence-electron chi connectivity index (χ3n) is 2.02. The number of ether oxygens (including phenoxy) is 2. The van der Waals surface area contributed by atoms with Crippen molar-refractivity contribution in [3.8, 4) is 11.5 Å². The molecule has 1 rings (SSSR count). The van der Waals surface area contributed by atoms with Gasteiger partial charge in [-0.05, 0) is 12.1 Å². The molecule has 0 amide bonds. The largest absolute Gasteiger partial charge is 0.480 e. The first-order valence-corrected chi connectivity index (χ1v) is 6.89. The average molecular weight is 353 g/mol. The zero-order valence-electron chi connectivity index (χ0n) is 10.5. The van der Waals surface area contributed by atoms with Gasteiger partial charge in [-0.3, -0.25) is 0 Å². The van der Waals surface area contributed by atoms with Crippen LogP contribution in [0.3, 0.4) is 0 Å². The highest BCUT2D eigenvalue weighted by molar-refractivity contribution is 7.89. The topological polar surface area (TPSA) is 78.6 Å². The van der Waals surface area contributed by atoms with Crippen LogP contribution in [-0.2, 0) is 10.0 Å². The lowest BCUT2D eigenvalue weighted by Crippen LogP contribution is -2.23. The van der Waals surface area contributed by atoms with Gasteiger partial charge < -0.3 is 9.47 Å². The minimum atomic E-state index is -4.84. The minimum absolute atomic E-state index is 0.779. The summed E-state index contributed by atoms with van der Waals surface area (Å²) in [4.78, 5) is -0.920. The number of benzene rings is 1. The lowest BCUT2D eigenvalue weighted by molar-refractivity contribution is -0.158. The number of sulfonamides is 1. The fourth-order valence-electron chi connectivity index (χ4n) is 1.29. The molecular weight excluding hydrogens is 344 g/mol. The number of nitrogens with two attached hydrogens (primary N) is 1. The Labute approximate surface area is 120 Å². The summed E-state index contributed by atoms with van der Waals surface area (Å²) in [5, 5.41) is 4.78. The maximum absolute atomic E-state index is 12.1. The van der Waals surface area contributed by atoms with Gasteiger partial charge in [-0.25, -0.2) is 13.6 Å². The summed E-state index contributed by atoms with van der Waals surface area (Å²) in [6, 6.07) is 2.56. The molecule has 0 aromatic heterocycles. The van der Waals surface area contributed by atoms with Gasteiger partial charge in [0.25, 0.3) is 0 Å². The third-order valence-corrected chi connectivity index (χ3v) is 2.96. The predicted octanol–water partition coefficient (Wildman–Crippen LogP) is 2.22. The number of halogens is 6. The zero-order valence-corrected chi connectivity index (χ0v) is 11.3. The fraction of sp³-hybridized carbons (Fsp3) is 0.400. The van der Waals surface area contributed by atoms with Crippen molar-refractivity contribution >= 4 is 10.0 Å². The molecule has 12 heteroatoms. The molecule has 0 radical (unpaired) electrons. The molecule has 1 aromatic rings. The molecule has 0 fully saturated rings. The molecule has 2 N–H and O–H groups in total. The van der Waals surface area contributed by atoms with Crippen LogP contribution in [0.5, 0.6) is 11.5 Å². The molecule has 0 unspecified atom stereocenters. The molecule has 5 nitrogen and oxygen atoms in total. The molecule has 0 spiro atoms. The Hall–Kier alpha value is -1.69. The molecule has 0 aliphatic carbocycles. The quantitative estimate of drug-likeness (QED) is 0.824. The maximum Gasteiger partial charge on any atom is 0.422 e. The fourth-order valence-corrected chi connectivity index (χ4v) is 1.98. The Morgan fingerprint density at radius 1 is 0.955 bits per heavy atom. The number of primary sulfonamides is 1. The van der Waals surface area contributed by atoms with E-state index in [1.165, 1.54) is 0 Å². The van der Waals surface area contributed by atoms with E-state index < -0.39 is 52.0 Å². The van der Waals surface area contributed by atoms with Crippen LogP contribution in [0.25, 0.3) is 0 Å². The Morgan fingerprint density at radius 2 is 1.45 bits per heavy atom. The molecule has 0 aliphatic rings. The van der Waals surface area contributed by atoms with Crippen LogP contribution in [0.15, 0.2) is 23.1 Å². The molecular formula is C10H9F6NO4S. The van der Waals surface area contributed by atoms with Crippen molar-refractivity contribution in [3.63, 3.8) is 0 Å². The van der Waals surface area contributed by atoms with Crippen molar-refractivity contribution in [2.24, 2.45) is 5.14 Å². The minimum Gasteiger partial charge on any atom is -0.480 e. The second-order valence-corrected chi connectivity index (χ2v) is 5.47. The van der Waals surface area contributed by atoms with E-state index in [0.29, 0.717) is 0 Å². The zero-order chi connectivity index (χ0) is 17.2. The summed E-state index contributed by atoms with van der Waals surface area (Å²) in [5.74, 6) is -1.86. The van der Waals surface area contributed by atoms with Crippen LogP contribution in [0.1, 0.15) is 0 Å². The van der Waals surface area contributed by atoms with E-state index in [9.17, 15) is 34.8 Å². The maximum atomic E-state index is 12.1. The first-order chi connectivity index (χ1) is 9.80. The van der Waals surface area contributed by atoms with Gasteiger partial charge in [0, 0.05) is 0 Å². The van der Waals surface area contributed by atoms with Crippen molar-refractivity contribution < 1.29 is 44.2 Å². The Morgan fingerprint density at radius 3 is 1.91 bits per heavy atom. The molecule has 0 aliphatic heterocycles. The Balaban J connectivity index is 3.20. The normalized spacial score (nSPS) is 13.0. The summed E-state index contributed by atoms with van der Waals surface area (Å²) in [7, 11) is -4.53. The number of alkyl halides is 6. The summed E-state index contributed by atoms with van der Waals surface area (Å²) < 4.78 is 104. The molecule has 126 valence electrons. The number of hydrogen-bond donors (Lipinski definition) is 1. The second kappa shape index (κ2) is 6.20. The standard InChI is InChI=1S/C10H9F6NO4S/c11-9(12,13)4-20-6-2-1-3-7(22(17,18)19)8(6)21-5-10(14,15)16/h1-3H,4-5H2,(H2,17,18,19). The second-order valence-electron chi connectivity index (χ2n) is 3.94. The Bertz CT molecular complexity index is 625. The van der Waals surface area contributed by atoms with Crippen LogP contribution in [-0.4, -0.2) is 34.0 Å². The van der Waals surface area contributed by atoms with Gasteiger partial charge in [-0.15, -0.1) is 0 Å².